The Morgan fingerprint density at radius 2 is 1.18 bits per heavy atom. The summed E-state index contributed by atoms with van der Waals surface area (Å²) in [5.41, 5.74) is 0.619. The van der Waals surface area contributed by atoms with Gasteiger partial charge in [0.2, 0.25) is 0 Å². The number of hydrogen-bond donors (Lipinski definition) is 0. The van der Waals surface area contributed by atoms with Crippen LogP contribution in [0.2, 0.25) is 0 Å². The molecule has 0 saturated heterocycles. The summed E-state index contributed by atoms with van der Waals surface area (Å²) in [5.74, 6) is -0.208. The second kappa shape index (κ2) is 18.4. The van der Waals surface area contributed by atoms with Crippen molar-refractivity contribution in [1.82, 2.24) is 0 Å². The van der Waals surface area contributed by atoms with E-state index >= 15 is 0 Å². The van der Waals surface area contributed by atoms with Gasteiger partial charge in [-0.1, -0.05) is 126 Å². The minimum atomic E-state index is -0.349. The zero-order valence-corrected chi connectivity index (χ0v) is 27.4. The van der Waals surface area contributed by atoms with Gasteiger partial charge in [0.25, 0.3) is 0 Å². The Morgan fingerprint density at radius 3 is 1.64 bits per heavy atom. The van der Waals surface area contributed by atoms with Gasteiger partial charge in [0.1, 0.15) is 6.10 Å². The third-order valence-corrected chi connectivity index (χ3v) is 8.58. The lowest BCUT2D eigenvalue weighted by Crippen LogP contribution is -2.47. The maximum atomic E-state index is 12.8. The SMILES string of the molecule is CCCCCCCCCCCCCCC1C(OC(=O)CCC(=O)OC)CCCC1(CC(C)(C)C)CC(C)(C)C. The van der Waals surface area contributed by atoms with E-state index in [-0.39, 0.29) is 47.1 Å². The summed E-state index contributed by atoms with van der Waals surface area (Å²) in [6, 6.07) is 0. The lowest BCUT2D eigenvalue weighted by molar-refractivity contribution is -0.164. The van der Waals surface area contributed by atoms with Gasteiger partial charge in [-0.25, -0.2) is 0 Å². The minimum absolute atomic E-state index is 0.0405. The molecule has 0 aliphatic heterocycles. The van der Waals surface area contributed by atoms with E-state index in [1.165, 1.54) is 90.6 Å². The second-order valence-electron chi connectivity index (χ2n) is 15.1. The molecule has 0 aromatic carbocycles. The zero-order valence-electron chi connectivity index (χ0n) is 27.4. The summed E-state index contributed by atoms with van der Waals surface area (Å²) < 4.78 is 10.9. The average molecular weight is 551 g/mol. The van der Waals surface area contributed by atoms with Crippen LogP contribution in [0.25, 0.3) is 0 Å². The number of rotatable bonds is 19. The van der Waals surface area contributed by atoms with Crippen LogP contribution in [-0.2, 0) is 19.1 Å². The topological polar surface area (TPSA) is 52.6 Å². The largest absolute Gasteiger partial charge is 0.469 e. The standard InChI is InChI=1S/C35H66O4/c1-9-10-11-12-13-14-15-16-17-18-19-20-22-29-30(39-32(37)25-24-31(36)38-8)23-21-26-35(29,27-33(2,3)4)28-34(5,6)7/h29-30H,9-28H2,1-8H3. The van der Waals surface area contributed by atoms with Gasteiger partial charge in [-0.15, -0.1) is 0 Å². The molecule has 39 heavy (non-hydrogen) atoms. The van der Waals surface area contributed by atoms with E-state index < -0.39 is 0 Å². The average Bonchev–Trinajstić information content (AvgIpc) is 2.82. The zero-order chi connectivity index (χ0) is 29.4. The number of hydrogen-bond acceptors (Lipinski definition) is 4. The molecule has 0 aromatic heterocycles. The molecule has 4 heteroatoms. The van der Waals surface area contributed by atoms with Crippen molar-refractivity contribution in [1.29, 1.82) is 0 Å². The van der Waals surface area contributed by atoms with Crippen LogP contribution < -0.4 is 0 Å². The Kier molecular flexibility index (Phi) is 17.0. The van der Waals surface area contributed by atoms with Crippen LogP contribution in [0.4, 0.5) is 0 Å². The lowest BCUT2D eigenvalue weighted by atomic mass is 9.54. The van der Waals surface area contributed by atoms with Crippen LogP contribution >= 0.6 is 0 Å². The maximum Gasteiger partial charge on any atom is 0.306 e. The monoisotopic (exact) mass is 550 g/mol. The summed E-state index contributed by atoms with van der Waals surface area (Å²) in [6.07, 6.45) is 23.2. The van der Waals surface area contributed by atoms with Crippen LogP contribution in [-0.4, -0.2) is 25.2 Å². The molecule has 1 fully saturated rings. The predicted octanol–water partition coefficient (Wildman–Crippen LogP) is 10.6. The number of methoxy groups -OCH3 is 1. The van der Waals surface area contributed by atoms with Gasteiger partial charge >= 0.3 is 11.9 Å². The predicted molar refractivity (Wildman–Crippen MR) is 165 cm³/mol. The highest BCUT2D eigenvalue weighted by Crippen LogP contribution is 2.56. The molecule has 2 unspecified atom stereocenters. The summed E-state index contributed by atoms with van der Waals surface area (Å²) in [7, 11) is 1.37. The molecule has 0 aromatic rings. The van der Waals surface area contributed by atoms with Crippen LogP contribution in [0.5, 0.6) is 0 Å². The lowest BCUT2D eigenvalue weighted by Gasteiger charge is -2.53. The van der Waals surface area contributed by atoms with Gasteiger partial charge in [0, 0.05) is 5.92 Å². The van der Waals surface area contributed by atoms with Gasteiger partial charge in [0.15, 0.2) is 0 Å². The quantitative estimate of drug-likeness (QED) is 0.118. The summed E-state index contributed by atoms with van der Waals surface area (Å²) in [6.45, 7) is 16.5. The third-order valence-electron chi connectivity index (χ3n) is 8.58. The Morgan fingerprint density at radius 1 is 0.718 bits per heavy atom. The molecule has 2 atom stereocenters. The van der Waals surface area contributed by atoms with Crippen molar-refractivity contribution in [2.24, 2.45) is 22.2 Å². The van der Waals surface area contributed by atoms with Crippen molar-refractivity contribution >= 4 is 11.9 Å². The van der Waals surface area contributed by atoms with Gasteiger partial charge in [0.05, 0.1) is 20.0 Å². The molecule has 0 bridgehead atoms. The highest BCUT2D eigenvalue weighted by Gasteiger charge is 2.49. The smallest absolute Gasteiger partial charge is 0.306 e. The molecule has 0 amide bonds. The molecule has 0 spiro atoms. The van der Waals surface area contributed by atoms with Gasteiger partial charge < -0.3 is 9.47 Å². The molecular weight excluding hydrogens is 484 g/mol. The van der Waals surface area contributed by atoms with Crippen molar-refractivity contribution < 1.29 is 19.1 Å². The Hall–Kier alpha value is -1.06. The molecule has 1 aliphatic carbocycles. The first-order valence-electron chi connectivity index (χ1n) is 16.6. The van der Waals surface area contributed by atoms with E-state index in [2.05, 4.69) is 48.5 Å². The Bertz CT molecular complexity index is 653. The van der Waals surface area contributed by atoms with Gasteiger partial charge in [-0.2, -0.15) is 0 Å². The van der Waals surface area contributed by atoms with Gasteiger partial charge in [-0.05, 0) is 54.8 Å². The van der Waals surface area contributed by atoms with Crippen molar-refractivity contribution in [3.8, 4) is 0 Å². The third kappa shape index (κ3) is 16.1. The minimum Gasteiger partial charge on any atom is -0.469 e. The number of unbranched alkanes of at least 4 members (excludes halogenated alkanes) is 11. The van der Waals surface area contributed by atoms with E-state index in [9.17, 15) is 9.59 Å². The van der Waals surface area contributed by atoms with Crippen molar-refractivity contribution in [2.75, 3.05) is 7.11 Å². The van der Waals surface area contributed by atoms with E-state index in [0.717, 1.165) is 32.1 Å². The fraction of sp³-hybridized carbons (Fsp3) is 0.943. The number of ether oxygens (including phenoxy) is 2. The second-order valence-corrected chi connectivity index (χ2v) is 15.1. The fourth-order valence-corrected chi connectivity index (χ4v) is 7.42. The summed E-state index contributed by atoms with van der Waals surface area (Å²) >= 11 is 0. The van der Waals surface area contributed by atoms with E-state index in [1.807, 2.05) is 0 Å². The molecule has 4 nitrogen and oxygen atoms in total. The molecule has 1 rings (SSSR count). The highest BCUT2D eigenvalue weighted by atomic mass is 16.5. The molecule has 0 heterocycles. The molecule has 1 saturated carbocycles. The van der Waals surface area contributed by atoms with Crippen LogP contribution in [0.1, 0.15) is 177 Å². The van der Waals surface area contributed by atoms with E-state index in [1.54, 1.807) is 0 Å². The first kappa shape index (κ1) is 36.0. The fourth-order valence-electron chi connectivity index (χ4n) is 7.42. The number of carbonyl (C=O) groups excluding carboxylic acids is 2. The van der Waals surface area contributed by atoms with E-state index in [0.29, 0.717) is 5.92 Å². The summed E-state index contributed by atoms with van der Waals surface area (Å²) in [5, 5.41) is 0. The van der Waals surface area contributed by atoms with Crippen LogP contribution in [0.3, 0.4) is 0 Å². The Labute approximate surface area is 243 Å². The molecule has 230 valence electrons. The van der Waals surface area contributed by atoms with E-state index in [4.69, 9.17) is 9.47 Å². The molecular formula is C35H66O4. The maximum absolute atomic E-state index is 12.8. The number of esters is 2. The molecule has 0 radical (unpaired) electrons. The van der Waals surface area contributed by atoms with Gasteiger partial charge in [-0.3, -0.25) is 9.59 Å². The van der Waals surface area contributed by atoms with Crippen molar-refractivity contribution in [3.63, 3.8) is 0 Å². The normalized spacial score (nSPS) is 19.6. The molecule has 1 aliphatic rings. The van der Waals surface area contributed by atoms with Crippen molar-refractivity contribution in [3.05, 3.63) is 0 Å². The Balaban J connectivity index is 2.79. The highest BCUT2D eigenvalue weighted by molar-refractivity contribution is 5.77. The molecule has 0 N–H and O–H groups in total. The first-order valence-corrected chi connectivity index (χ1v) is 16.6. The van der Waals surface area contributed by atoms with Crippen LogP contribution in [0, 0.1) is 22.2 Å². The van der Waals surface area contributed by atoms with Crippen molar-refractivity contribution in [2.45, 2.75) is 183 Å². The first-order chi connectivity index (χ1) is 18.3. The van der Waals surface area contributed by atoms with Crippen LogP contribution in [0.15, 0.2) is 0 Å². The number of carbonyl (C=O) groups is 2. The summed E-state index contributed by atoms with van der Waals surface area (Å²) in [4.78, 5) is 24.4.